The standard InChI is InChI=1S/C21H26N2O4/c1-4-23-18(24)16-15(11-10-14-8-6-5-7-9-14)22-21(20(26)27,12-13(2)3)17(16)19(23)25/h5-11,13,15-17,22H,4,12H2,1-3H3,(H,26,27). The van der Waals surface area contributed by atoms with Crippen LogP contribution >= 0.6 is 0 Å². The van der Waals surface area contributed by atoms with E-state index < -0.39 is 29.4 Å². The van der Waals surface area contributed by atoms with Crippen LogP contribution in [0.25, 0.3) is 6.08 Å². The van der Waals surface area contributed by atoms with Crippen LogP contribution in [0.4, 0.5) is 0 Å². The van der Waals surface area contributed by atoms with Crippen LogP contribution in [0.3, 0.4) is 0 Å². The summed E-state index contributed by atoms with van der Waals surface area (Å²) >= 11 is 0. The minimum absolute atomic E-state index is 0.0599. The van der Waals surface area contributed by atoms with Crippen LogP contribution in [0.2, 0.25) is 0 Å². The van der Waals surface area contributed by atoms with Crippen LogP contribution < -0.4 is 5.32 Å². The molecule has 2 fully saturated rings. The lowest BCUT2D eigenvalue weighted by molar-refractivity contribution is -0.152. The first-order chi connectivity index (χ1) is 12.8. The number of fused-ring (bicyclic) bond motifs is 1. The van der Waals surface area contributed by atoms with Gasteiger partial charge in [-0.3, -0.25) is 24.6 Å². The quantitative estimate of drug-likeness (QED) is 0.750. The van der Waals surface area contributed by atoms with Crippen LogP contribution in [-0.2, 0) is 14.4 Å². The van der Waals surface area contributed by atoms with E-state index in [1.807, 2.05) is 56.3 Å². The second-order valence-electron chi connectivity index (χ2n) is 7.74. The Balaban J connectivity index is 2.03. The molecule has 2 amide bonds. The number of likely N-dealkylation sites (tertiary alicyclic amines) is 1. The maximum atomic E-state index is 12.9. The minimum atomic E-state index is -1.43. The van der Waals surface area contributed by atoms with Crippen LogP contribution in [0.1, 0.15) is 32.8 Å². The molecule has 3 rings (SSSR count). The minimum Gasteiger partial charge on any atom is -0.480 e. The van der Waals surface area contributed by atoms with Crippen molar-refractivity contribution < 1.29 is 19.5 Å². The third kappa shape index (κ3) is 3.18. The predicted octanol–water partition coefficient (Wildman–Crippen LogP) is 2.16. The molecule has 2 aliphatic heterocycles. The SMILES string of the molecule is CCN1C(=O)C2C(C=Cc3ccccc3)NC(CC(C)C)(C(=O)O)C2C1=O. The normalized spacial score (nSPS) is 30.5. The van der Waals surface area contributed by atoms with Crippen molar-refractivity contribution in [2.24, 2.45) is 17.8 Å². The molecule has 0 aliphatic carbocycles. The second-order valence-corrected chi connectivity index (χ2v) is 7.74. The Morgan fingerprint density at radius 1 is 1.26 bits per heavy atom. The summed E-state index contributed by atoms with van der Waals surface area (Å²) in [7, 11) is 0. The maximum absolute atomic E-state index is 12.9. The number of carboxylic acids is 1. The van der Waals surface area contributed by atoms with Gasteiger partial charge in [-0.1, -0.05) is 56.3 Å². The first-order valence-corrected chi connectivity index (χ1v) is 9.41. The maximum Gasteiger partial charge on any atom is 0.324 e. The van der Waals surface area contributed by atoms with Gasteiger partial charge in [0, 0.05) is 12.6 Å². The number of benzene rings is 1. The van der Waals surface area contributed by atoms with Crippen LogP contribution in [0.5, 0.6) is 0 Å². The smallest absolute Gasteiger partial charge is 0.324 e. The van der Waals surface area contributed by atoms with Crippen LogP contribution in [0.15, 0.2) is 36.4 Å². The van der Waals surface area contributed by atoms with E-state index in [4.69, 9.17) is 0 Å². The number of nitrogens with one attached hydrogen (secondary N) is 1. The monoisotopic (exact) mass is 370 g/mol. The van der Waals surface area contributed by atoms with Gasteiger partial charge in [-0.2, -0.15) is 0 Å². The van der Waals surface area contributed by atoms with Gasteiger partial charge >= 0.3 is 5.97 Å². The van der Waals surface area contributed by atoms with E-state index in [1.165, 1.54) is 4.90 Å². The molecule has 0 spiro atoms. The Kier molecular flexibility index (Phi) is 5.20. The van der Waals surface area contributed by atoms with Gasteiger partial charge in [0.25, 0.3) is 0 Å². The number of amides is 2. The summed E-state index contributed by atoms with van der Waals surface area (Å²) in [6.07, 6.45) is 3.98. The van der Waals surface area contributed by atoms with Gasteiger partial charge in [-0.05, 0) is 24.8 Å². The highest BCUT2D eigenvalue weighted by Gasteiger charge is 2.67. The van der Waals surface area contributed by atoms with Gasteiger partial charge < -0.3 is 5.11 Å². The Bertz CT molecular complexity index is 774. The first-order valence-electron chi connectivity index (χ1n) is 9.41. The predicted molar refractivity (Wildman–Crippen MR) is 102 cm³/mol. The molecular weight excluding hydrogens is 344 g/mol. The van der Waals surface area contributed by atoms with Crippen molar-refractivity contribution in [1.29, 1.82) is 0 Å². The van der Waals surface area contributed by atoms with Crippen molar-refractivity contribution in [3.8, 4) is 0 Å². The highest BCUT2D eigenvalue weighted by atomic mass is 16.4. The molecule has 2 aliphatic rings. The number of carbonyl (C=O) groups excluding carboxylic acids is 2. The summed E-state index contributed by atoms with van der Waals surface area (Å²) in [4.78, 5) is 39.3. The van der Waals surface area contributed by atoms with E-state index in [0.29, 0.717) is 0 Å². The van der Waals surface area contributed by atoms with Gasteiger partial charge in [0.1, 0.15) is 5.54 Å². The molecule has 4 unspecified atom stereocenters. The average molecular weight is 370 g/mol. The van der Waals surface area contributed by atoms with Gasteiger partial charge in [0.05, 0.1) is 11.8 Å². The van der Waals surface area contributed by atoms with Gasteiger partial charge in [-0.15, -0.1) is 0 Å². The van der Waals surface area contributed by atoms with Crippen molar-refractivity contribution in [3.05, 3.63) is 42.0 Å². The number of rotatable bonds is 6. The Hall–Kier alpha value is -2.47. The molecule has 2 heterocycles. The fraction of sp³-hybridized carbons (Fsp3) is 0.476. The van der Waals surface area contributed by atoms with E-state index in [1.54, 1.807) is 6.92 Å². The molecule has 1 aromatic rings. The highest BCUT2D eigenvalue weighted by Crippen LogP contribution is 2.46. The Labute approximate surface area is 159 Å². The number of hydrogen-bond donors (Lipinski definition) is 2. The number of nitrogens with zero attached hydrogens (tertiary/aromatic N) is 1. The molecule has 0 aromatic heterocycles. The van der Waals surface area contributed by atoms with E-state index in [0.717, 1.165) is 5.56 Å². The lowest BCUT2D eigenvalue weighted by Gasteiger charge is -2.32. The average Bonchev–Trinajstić information content (AvgIpc) is 3.08. The fourth-order valence-corrected chi connectivity index (χ4v) is 4.48. The first kappa shape index (κ1) is 19.3. The number of carbonyl (C=O) groups is 3. The summed E-state index contributed by atoms with van der Waals surface area (Å²) in [5.74, 6) is -3.23. The van der Waals surface area contributed by atoms with Crippen molar-refractivity contribution in [2.45, 2.75) is 38.8 Å². The molecule has 2 saturated heterocycles. The van der Waals surface area contributed by atoms with Gasteiger partial charge in [0.15, 0.2) is 0 Å². The number of carboxylic acid groups (broad SMARTS) is 1. The number of hydrogen-bond acceptors (Lipinski definition) is 4. The lowest BCUT2D eigenvalue weighted by atomic mass is 9.75. The van der Waals surface area contributed by atoms with Crippen molar-refractivity contribution in [3.63, 3.8) is 0 Å². The molecule has 1 aromatic carbocycles. The molecule has 144 valence electrons. The van der Waals surface area contributed by atoms with E-state index in [2.05, 4.69) is 5.32 Å². The summed E-state index contributed by atoms with van der Waals surface area (Å²) in [6, 6.07) is 9.10. The molecule has 0 saturated carbocycles. The summed E-state index contributed by atoms with van der Waals surface area (Å²) in [5.41, 5.74) is -0.474. The molecule has 0 bridgehead atoms. The zero-order valence-electron chi connectivity index (χ0n) is 15.9. The number of aliphatic carboxylic acids is 1. The molecule has 6 heteroatoms. The number of imide groups is 1. The fourth-order valence-electron chi connectivity index (χ4n) is 4.48. The zero-order chi connectivity index (χ0) is 19.8. The zero-order valence-corrected chi connectivity index (χ0v) is 15.9. The molecule has 2 N–H and O–H groups in total. The van der Waals surface area contributed by atoms with Crippen LogP contribution in [-0.4, -0.2) is 45.9 Å². The van der Waals surface area contributed by atoms with E-state index in [-0.39, 0.29) is 30.7 Å². The third-order valence-corrected chi connectivity index (χ3v) is 5.51. The molecule has 0 radical (unpaired) electrons. The molecule has 6 nitrogen and oxygen atoms in total. The largest absolute Gasteiger partial charge is 0.480 e. The highest BCUT2D eigenvalue weighted by molar-refractivity contribution is 6.09. The van der Waals surface area contributed by atoms with Crippen LogP contribution in [0, 0.1) is 17.8 Å². The van der Waals surface area contributed by atoms with Crippen molar-refractivity contribution >= 4 is 23.9 Å². The summed E-state index contributed by atoms with van der Waals surface area (Å²) in [5, 5.41) is 13.2. The summed E-state index contributed by atoms with van der Waals surface area (Å²) in [6.45, 7) is 5.85. The topological polar surface area (TPSA) is 86.7 Å². The molecule has 27 heavy (non-hydrogen) atoms. The van der Waals surface area contributed by atoms with Gasteiger partial charge in [0.2, 0.25) is 11.8 Å². The summed E-state index contributed by atoms with van der Waals surface area (Å²) < 4.78 is 0. The van der Waals surface area contributed by atoms with Crippen molar-refractivity contribution in [1.82, 2.24) is 10.2 Å². The van der Waals surface area contributed by atoms with Crippen molar-refractivity contribution in [2.75, 3.05) is 6.54 Å². The second kappa shape index (κ2) is 7.27. The Morgan fingerprint density at radius 2 is 1.93 bits per heavy atom. The van der Waals surface area contributed by atoms with E-state index >= 15 is 0 Å². The molecule has 4 atom stereocenters. The van der Waals surface area contributed by atoms with E-state index in [9.17, 15) is 19.5 Å². The molecular formula is C21H26N2O4. The van der Waals surface area contributed by atoms with Gasteiger partial charge in [-0.25, -0.2) is 0 Å². The lowest BCUT2D eigenvalue weighted by Crippen LogP contribution is -2.57. The Morgan fingerprint density at radius 3 is 2.48 bits per heavy atom. The third-order valence-electron chi connectivity index (χ3n) is 5.51.